The molecule has 10 heteroatoms. The fourth-order valence-electron chi connectivity index (χ4n) is 2.68. The highest BCUT2D eigenvalue weighted by atomic mass is 32.2. The summed E-state index contributed by atoms with van der Waals surface area (Å²) in [7, 11) is -0.501. The number of carbonyl (C=O) groups is 1. The van der Waals surface area contributed by atoms with Crippen molar-refractivity contribution < 1.29 is 26.4 Å². The molecule has 0 aliphatic carbocycles. The maximum absolute atomic E-state index is 13.1. The van der Waals surface area contributed by atoms with Gasteiger partial charge in [-0.25, -0.2) is 8.42 Å². The van der Waals surface area contributed by atoms with Crippen LogP contribution >= 0.6 is 0 Å². The lowest BCUT2D eigenvalue weighted by Gasteiger charge is -2.25. The summed E-state index contributed by atoms with van der Waals surface area (Å²) in [5, 5.41) is 2.61. The van der Waals surface area contributed by atoms with Gasteiger partial charge in [-0.3, -0.25) is 9.10 Å². The third kappa shape index (κ3) is 6.46. The molecule has 164 valence electrons. The number of alkyl halides is 3. The van der Waals surface area contributed by atoms with Gasteiger partial charge in [-0.2, -0.15) is 13.2 Å². The number of halogens is 3. The van der Waals surface area contributed by atoms with Gasteiger partial charge in [-0.1, -0.05) is 24.3 Å². The zero-order chi connectivity index (χ0) is 22.4. The summed E-state index contributed by atoms with van der Waals surface area (Å²) in [6.07, 6.45) is -4.00. The molecule has 1 N–H and O–H groups in total. The van der Waals surface area contributed by atoms with Crippen LogP contribution in [0.3, 0.4) is 0 Å². The Kier molecular flexibility index (Phi) is 7.85. The summed E-state index contributed by atoms with van der Waals surface area (Å²) in [5.74, 6) is -0.606. The normalized spacial score (nSPS) is 12.1. The predicted octanol–water partition coefficient (Wildman–Crippen LogP) is 2.97. The van der Waals surface area contributed by atoms with Crippen molar-refractivity contribution in [1.29, 1.82) is 0 Å². The molecule has 0 fully saturated rings. The van der Waals surface area contributed by atoms with E-state index in [9.17, 15) is 26.4 Å². The van der Waals surface area contributed by atoms with Crippen LogP contribution in [0.25, 0.3) is 0 Å². The fourth-order valence-corrected chi connectivity index (χ4v) is 4.12. The van der Waals surface area contributed by atoms with Crippen molar-refractivity contribution in [3.05, 3.63) is 60.2 Å². The molecule has 0 atom stereocenters. The van der Waals surface area contributed by atoms with Gasteiger partial charge >= 0.3 is 6.18 Å². The lowest BCUT2D eigenvalue weighted by atomic mass is 10.2. The summed E-state index contributed by atoms with van der Waals surface area (Å²) in [5.41, 5.74) is -1.24. The molecule has 2 rings (SSSR count). The third-order valence-electron chi connectivity index (χ3n) is 4.18. The standard InChI is InChI=1S/C20H24F3N3O3S/c1-25(2)13-7-12-24-19(27)15-26(30(28,29)18-10-4-3-5-11-18)17-9-6-8-16(14-17)20(21,22)23/h3-6,8-11,14H,7,12-13,15H2,1-2H3,(H,24,27). The first-order valence-electron chi connectivity index (χ1n) is 9.18. The van der Waals surface area contributed by atoms with Crippen LogP contribution in [-0.4, -0.2) is 53.0 Å². The summed E-state index contributed by atoms with van der Waals surface area (Å²) in [6, 6.07) is 11.2. The Bertz CT molecular complexity index is 949. The molecule has 30 heavy (non-hydrogen) atoms. The molecule has 0 radical (unpaired) electrons. The van der Waals surface area contributed by atoms with Gasteiger partial charge < -0.3 is 10.2 Å². The van der Waals surface area contributed by atoms with E-state index in [1.165, 1.54) is 30.3 Å². The van der Waals surface area contributed by atoms with Crippen LogP contribution in [0.15, 0.2) is 59.5 Å². The van der Waals surface area contributed by atoms with Crippen molar-refractivity contribution in [2.45, 2.75) is 17.5 Å². The van der Waals surface area contributed by atoms with Crippen molar-refractivity contribution in [2.24, 2.45) is 0 Å². The summed E-state index contributed by atoms with van der Waals surface area (Å²) >= 11 is 0. The van der Waals surface area contributed by atoms with E-state index in [2.05, 4.69) is 5.32 Å². The van der Waals surface area contributed by atoms with Crippen molar-refractivity contribution in [2.75, 3.05) is 38.0 Å². The Morgan fingerprint density at radius 3 is 2.30 bits per heavy atom. The van der Waals surface area contributed by atoms with Crippen molar-refractivity contribution in [3.8, 4) is 0 Å². The Labute approximate surface area is 174 Å². The highest BCUT2D eigenvalue weighted by molar-refractivity contribution is 7.92. The van der Waals surface area contributed by atoms with Crippen LogP contribution in [0.5, 0.6) is 0 Å². The quantitative estimate of drug-likeness (QED) is 0.605. The number of hydrogen-bond donors (Lipinski definition) is 1. The van der Waals surface area contributed by atoms with Gasteiger partial charge in [0.05, 0.1) is 16.1 Å². The molecule has 0 saturated heterocycles. The van der Waals surface area contributed by atoms with Crippen molar-refractivity contribution in [1.82, 2.24) is 10.2 Å². The number of nitrogens with one attached hydrogen (secondary N) is 1. The average Bonchev–Trinajstić information content (AvgIpc) is 2.69. The van der Waals surface area contributed by atoms with E-state index in [0.29, 0.717) is 17.3 Å². The molecular weight excluding hydrogens is 419 g/mol. The highest BCUT2D eigenvalue weighted by Crippen LogP contribution is 2.33. The zero-order valence-corrected chi connectivity index (χ0v) is 17.5. The number of carbonyl (C=O) groups excluding carboxylic acids is 1. The van der Waals surface area contributed by atoms with Gasteiger partial charge in [0.1, 0.15) is 6.54 Å². The van der Waals surface area contributed by atoms with Gasteiger partial charge in [0.2, 0.25) is 5.91 Å². The summed E-state index contributed by atoms with van der Waals surface area (Å²) < 4.78 is 66.3. The number of amides is 1. The first-order valence-corrected chi connectivity index (χ1v) is 10.6. The third-order valence-corrected chi connectivity index (χ3v) is 5.97. The predicted molar refractivity (Wildman–Crippen MR) is 109 cm³/mol. The monoisotopic (exact) mass is 443 g/mol. The molecule has 0 aliphatic rings. The van der Waals surface area contributed by atoms with Gasteiger partial charge in [0.15, 0.2) is 0 Å². The fraction of sp³-hybridized carbons (Fsp3) is 0.350. The van der Waals surface area contributed by atoms with Crippen LogP contribution in [0.1, 0.15) is 12.0 Å². The van der Waals surface area contributed by atoms with Crippen LogP contribution in [0.2, 0.25) is 0 Å². The molecule has 2 aromatic carbocycles. The van der Waals surface area contributed by atoms with E-state index in [1.54, 1.807) is 6.07 Å². The SMILES string of the molecule is CN(C)CCCNC(=O)CN(c1cccc(C(F)(F)F)c1)S(=O)(=O)c1ccccc1. The Balaban J connectivity index is 2.33. The van der Waals surface area contributed by atoms with Crippen LogP contribution in [0.4, 0.5) is 18.9 Å². The number of sulfonamides is 1. The molecule has 2 aromatic rings. The average molecular weight is 443 g/mol. The minimum absolute atomic E-state index is 0.122. The van der Waals surface area contributed by atoms with Gasteiger partial charge in [-0.15, -0.1) is 0 Å². The van der Waals surface area contributed by atoms with Gasteiger partial charge in [0, 0.05) is 6.54 Å². The van der Waals surface area contributed by atoms with E-state index in [0.717, 1.165) is 24.7 Å². The van der Waals surface area contributed by atoms with E-state index in [4.69, 9.17) is 0 Å². The number of anilines is 1. The lowest BCUT2D eigenvalue weighted by molar-refractivity contribution is -0.137. The Hall–Kier alpha value is -2.59. The van der Waals surface area contributed by atoms with Gasteiger partial charge in [-0.05, 0) is 57.4 Å². The minimum Gasteiger partial charge on any atom is -0.354 e. The van der Waals surface area contributed by atoms with E-state index in [-0.39, 0.29) is 10.6 Å². The minimum atomic E-state index is -4.65. The van der Waals surface area contributed by atoms with E-state index < -0.39 is 34.2 Å². The van der Waals surface area contributed by atoms with Crippen LogP contribution < -0.4 is 9.62 Å². The number of nitrogens with zero attached hydrogens (tertiary/aromatic N) is 2. The lowest BCUT2D eigenvalue weighted by Crippen LogP contribution is -2.41. The largest absolute Gasteiger partial charge is 0.416 e. The van der Waals surface area contributed by atoms with Crippen molar-refractivity contribution in [3.63, 3.8) is 0 Å². The van der Waals surface area contributed by atoms with Gasteiger partial charge in [0.25, 0.3) is 10.0 Å². The van der Waals surface area contributed by atoms with Crippen molar-refractivity contribution >= 4 is 21.6 Å². The maximum Gasteiger partial charge on any atom is 0.416 e. The number of benzene rings is 2. The summed E-state index contributed by atoms with van der Waals surface area (Å²) in [4.78, 5) is 14.2. The van der Waals surface area contributed by atoms with Crippen LogP contribution in [-0.2, 0) is 21.0 Å². The smallest absolute Gasteiger partial charge is 0.354 e. The van der Waals surface area contributed by atoms with E-state index >= 15 is 0 Å². The second-order valence-corrected chi connectivity index (χ2v) is 8.74. The first kappa shape index (κ1) is 23.7. The first-order chi connectivity index (χ1) is 14.0. The molecule has 0 aliphatic heterocycles. The molecule has 0 heterocycles. The molecule has 0 bridgehead atoms. The second kappa shape index (κ2) is 9.94. The highest BCUT2D eigenvalue weighted by Gasteiger charge is 2.33. The molecule has 0 saturated carbocycles. The number of rotatable bonds is 9. The molecule has 1 amide bonds. The second-order valence-electron chi connectivity index (χ2n) is 6.88. The van der Waals surface area contributed by atoms with Crippen LogP contribution in [0, 0.1) is 0 Å². The van der Waals surface area contributed by atoms with E-state index in [1.807, 2.05) is 19.0 Å². The molecule has 0 spiro atoms. The molecule has 0 unspecified atom stereocenters. The zero-order valence-electron chi connectivity index (χ0n) is 16.7. The topological polar surface area (TPSA) is 69.7 Å². The Morgan fingerprint density at radius 2 is 1.70 bits per heavy atom. The molecule has 0 aromatic heterocycles. The molecule has 6 nitrogen and oxygen atoms in total. The molecular formula is C20H24F3N3O3S. The maximum atomic E-state index is 13.1. The Morgan fingerprint density at radius 1 is 1.03 bits per heavy atom. The number of hydrogen-bond acceptors (Lipinski definition) is 4. The summed E-state index contributed by atoms with van der Waals surface area (Å²) in [6.45, 7) is 0.402.